The van der Waals surface area contributed by atoms with Crippen molar-refractivity contribution in [3.05, 3.63) is 54.1 Å². The fraction of sp³-hybridized carbons (Fsp3) is 0.524. The summed E-state index contributed by atoms with van der Waals surface area (Å²) < 4.78 is 2.03. The van der Waals surface area contributed by atoms with E-state index in [-0.39, 0.29) is 5.91 Å². The van der Waals surface area contributed by atoms with Crippen LogP contribution < -0.4 is 0 Å². The van der Waals surface area contributed by atoms with Crippen molar-refractivity contribution in [2.24, 2.45) is 0 Å². The van der Waals surface area contributed by atoms with Gasteiger partial charge in [0.15, 0.2) is 0 Å². The number of nitrogens with zero attached hydrogens (tertiary/aromatic N) is 4. The molecule has 1 aliphatic heterocycles. The van der Waals surface area contributed by atoms with E-state index in [1.807, 2.05) is 29.0 Å². The number of carbonyl (C=O) groups excluding carboxylic acids is 1. The Kier molecular flexibility index (Phi) is 4.81. The molecular weight excluding hydrogens is 324 g/mol. The van der Waals surface area contributed by atoms with Gasteiger partial charge in [0, 0.05) is 45.4 Å². The van der Waals surface area contributed by atoms with E-state index >= 15 is 0 Å². The number of likely N-dealkylation sites (tertiary alicyclic amines) is 1. The summed E-state index contributed by atoms with van der Waals surface area (Å²) in [6, 6.07) is 8.58. The van der Waals surface area contributed by atoms with Crippen LogP contribution in [0.4, 0.5) is 0 Å². The molecule has 26 heavy (non-hydrogen) atoms. The molecule has 2 aliphatic rings. The van der Waals surface area contributed by atoms with Crippen molar-refractivity contribution in [2.45, 2.75) is 44.2 Å². The summed E-state index contributed by atoms with van der Waals surface area (Å²) >= 11 is 0. The van der Waals surface area contributed by atoms with E-state index in [0.29, 0.717) is 6.54 Å². The number of amides is 1. The first-order valence-electron chi connectivity index (χ1n) is 9.72. The average Bonchev–Trinajstić information content (AvgIpc) is 3.34. The first-order valence-corrected chi connectivity index (χ1v) is 9.72. The van der Waals surface area contributed by atoms with Crippen molar-refractivity contribution >= 4 is 5.91 Å². The van der Waals surface area contributed by atoms with Gasteiger partial charge in [0.05, 0.1) is 6.33 Å². The summed E-state index contributed by atoms with van der Waals surface area (Å²) in [7, 11) is 1.95. The Bertz CT molecular complexity index is 724. The van der Waals surface area contributed by atoms with Gasteiger partial charge in [0.25, 0.3) is 0 Å². The molecule has 1 amide bonds. The van der Waals surface area contributed by atoms with Crippen LogP contribution >= 0.6 is 0 Å². The van der Waals surface area contributed by atoms with Gasteiger partial charge in [-0.05, 0) is 37.1 Å². The molecule has 1 aromatic heterocycles. The minimum Gasteiger partial charge on any atom is -0.342 e. The van der Waals surface area contributed by atoms with Crippen molar-refractivity contribution in [3.8, 4) is 0 Å². The van der Waals surface area contributed by atoms with Crippen molar-refractivity contribution in [1.82, 2.24) is 19.4 Å². The lowest BCUT2D eigenvalue weighted by Gasteiger charge is -2.44. The molecule has 1 aromatic carbocycles. The molecule has 0 N–H and O–H groups in total. The van der Waals surface area contributed by atoms with E-state index in [4.69, 9.17) is 0 Å². The molecule has 1 aliphatic carbocycles. The van der Waals surface area contributed by atoms with Crippen molar-refractivity contribution in [3.63, 3.8) is 0 Å². The minimum absolute atomic E-state index is 0.274. The van der Waals surface area contributed by atoms with E-state index in [9.17, 15) is 4.79 Å². The van der Waals surface area contributed by atoms with Crippen LogP contribution in [0.15, 0.2) is 43.0 Å². The first kappa shape index (κ1) is 17.3. The highest BCUT2D eigenvalue weighted by Crippen LogP contribution is 2.37. The van der Waals surface area contributed by atoms with Crippen molar-refractivity contribution in [2.75, 3.05) is 26.7 Å². The highest BCUT2D eigenvalue weighted by atomic mass is 16.2. The number of aromatic nitrogens is 2. The third-order valence-corrected chi connectivity index (χ3v) is 6.04. The molecule has 0 radical (unpaired) electrons. The minimum atomic E-state index is -0.395. The van der Waals surface area contributed by atoms with E-state index < -0.39 is 5.54 Å². The Labute approximate surface area is 155 Å². The van der Waals surface area contributed by atoms with Crippen LogP contribution in [0.5, 0.6) is 0 Å². The number of imidazole rings is 1. The largest absolute Gasteiger partial charge is 0.342 e. The monoisotopic (exact) mass is 352 g/mol. The zero-order valence-electron chi connectivity index (χ0n) is 15.6. The quantitative estimate of drug-likeness (QED) is 0.830. The van der Waals surface area contributed by atoms with E-state index in [2.05, 4.69) is 34.1 Å². The van der Waals surface area contributed by atoms with Crippen molar-refractivity contribution in [1.29, 1.82) is 0 Å². The van der Waals surface area contributed by atoms with Crippen LogP contribution in [-0.2, 0) is 24.2 Å². The second-order valence-electron chi connectivity index (χ2n) is 7.73. The predicted octanol–water partition coefficient (Wildman–Crippen LogP) is 2.36. The highest BCUT2D eigenvalue weighted by Gasteiger charge is 2.49. The third kappa shape index (κ3) is 3.16. The Balaban J connectivity index is 1.55. The molecule has 2 aromatic rings. The fourth-order valence-corrected chi connectivity index (χ4v) is 4.57. The normalized spacial score (nSPS) is 19.3. The smallest absolute Gasteiger partial charge is 0.243 e. The maximum atomic E-state index is 13.7. The highest BCUT2D eigenvalue weighted by molar-refractivity contribution is 5.88. The zero-order chi connectivity index (χ0) is 18.0. The summed E-state index contributed by atoms with van der Waals surface area (Å²) in [6.07, 6.45) is 10.9. The molecule has 0 bridgehead atoms. The van der Waals surface area contributed by atoms with Crippen LogP contribution in [0.3, 0.4) is 0 Å². The summed E-state index contributed by atoms with van der Waals surface area (Å²) in [4.78, 5) is 22.2. The number of likely N-dealkylation sites (N-methyl/N-ethyl adjacent to an activating group) is 1. The Hall–Kier alpha value is -2.14. The van der Waals surface area contributed by atoms with Gasteiger partial charge in [-0.3, -0.25) is 9.69 Å². The maximum Gasteiger partial charge on any atom is 0.243 e. The van der Waals surface area contributed by atoms with Gasteiger partial charge in [-0.1, -0.05) is 30.7 Å². The third-order valence-electron chi connectivity index (χ3n) is 6.04. The Morgan fingerprint density at radius 3 is 2.46 bits per heavy atom. The maximum absolute atomic E-state index is 13.7. The van der Waals surface area contributed by atoms with Crippen LogP contribution in [0.2, 0.25) is 0 Å². The average molecular weight is 352 g/mol. The second kappa shape index (κ2) is 7.23. The number of hydrogen-bond donors (Lipinski definition) is 0. The Morgan fingerprint density at radius 1 is 1.15 bits per heavy atom. The Morgan fingerprint density at radius 2 is 1.85 bits per heavy atom. The van der Waals surface area contributed by atoms with E-state index in [0.717, 1.165) is 32.5 Å². The number of benzene rings is 1. The van der Waals surface area contributed by atoms with Gasteiger partial charge in [-0.15, -0.1) is 0 Å². The lowest BCUT2D eigenvalue weighted by Crippen LogP contribution is -2.61. The molecule has 138 valence electrons. The summed E-state index contributed by atoms with van der Waals surface area (Å²) in [6.45, 7) is 3.57. The molecular formula is C21H28N4O. The molecule has 0 atom stereocenters. The topological polar surface area (TPSA) is 41.4 Å². The van der Waals surface area contributed by atoms with Crippen LogP contribution in [0.1, 0.15) is 30.4 Å². The number of rotatable bonds is 5. The molecule has 0 saturated carbocycles. The van der Waals surface area contributed by atoms with Crippen LogP contribution in [-0.4, -0.2) is 57.5 Å². The van der Waals surface area contributed by atoms with Crippen LogP contribution in [0.25, 0.3) is 0 Å². The molecule has 0 spiro atoms. The van der Waals surface area contributed by atoms with Gasteiger partial charge in [0.2, 0.25) is 5.91 Å². The van der Waals surface area contributed by atoms with Gasteiger partial charge < -0.3 is 9.47 Å². The molecule has 5 heteroatoms. The molecule has 1 saturated heterocycles. The summed E-state index contributed by atoms with van der Waals surface area (Å²) in [5.74, 6) is 0.274. The molecule has 2 heterocycles. The van der Waals surface area contributed by atoms with Crippen molar-refractivity contribution < 1.29 is 4.79 Å². The summed E-state index contributed by atoms with van der Waals surface area (Å²) in [5, 5.41) is 0. The van der Waals surface area contributed by atoms with Crippen LogP contribution in [0, 0.1) is 0 Å². The van der Waals surface area contributed by atoms with E-state index in [1.54, 1.807) is 6.20 Å². The zero-order valence-corrected chi connectivity index (χ0v) is 15.6. The molecule has 5 nitrogen and oxygen atoms in total. The lowest BCUT2D eigenvalue weighted by atomic mass is 9.89. The van der Waals surface area contributed by atoms with Gasteiger partial charge >= 0.3 is 0 Å². The van der Waals surface area contributed by atoms with E-state index in [1.165, 1.54) is 30.4 Å². The fourth-order valence-electron chi connectivity index (χ4n) is 4.57. The standard InChI is InChI=1S/C21H28N4O/c1-23(13-14-24-12-9-22-17-24)20(26)21(25-10-5-2-6-11-25)15-18-7-3-4-8-19(18)16-21/h3-4,7-9,12,17H,2,5-6,10-11,13-16H2,1H3. The predicted molar refractivity (Wildman–Crippen MR) is 102 cm³/mol. The SMILES string of the molecule is CN(CCn1ccnc1)C(=O)C1(N2CCCCC2)Cc2ccccc2C1. The molecule has 0 unspecified atom stereocenters. The van der Waals surface area contributed by atoms with Gasteiger partial charge in [-0.25, -0.2) is 4.98 Å². The molecule has 4 rings (SSSR count). The second-order valence-corrected chi connectivity index (χ2v) is 7.73. The number of hydrogen-bond acceptors (Lipinski definition) is 3. The van der Waals surface area contributed by atoms with Gasteiger partial charge in [0.1, 0.15) is 5.54 Å². The molecule has 1 fully saturated rings. The van der Waals surface area contributed by atoms with Gasteiger partial charge in [-0.2, -0.15) is 0 Å². The number of piperidine rings is 1. The first-order chi connectivity index (χ1) is 12.7. The number of carbonyl (C=O) groups is 1. The number of fused-ring (bicyclic) bond motifs is 1. The lowest BCUT2D eigenvalue weighted by molar-refractivity contribution is -0.144. The summed E-state index contributed by atoms with van der Waals surface area (Å²) in [5.41, 5.74) is 2.29.